The summed E-state index contributed by atoms with van der Waals surface area (Å²) in [5.41, 5.74) is 7.44. The molecule has 3 aromatic rings. The summed E-state index contributed by atoms with van der Waals surface area (Å²) < 4.78 is 1.86. The van der Waals surface area contributed by atoms with Crippen LogP contribution in [-0.2, 0) is 0 Å². The highest BCUT2D eigenvalue weighted by molar-refractivity contribution is 6.02. The summed E-state index contributed by atoms with van der Waals surface area (Å²) in [4.78, 5) is 15.1. The molecule has 0 spiro atoms. The van der Waals surface area contributed by atoms with Crippen molar-refractivity contribution < 1.29 is 4.79 Å². The molecule has 1 amide bonds. The second-order valence-electron chi connectivity index (χ2n) is 8.33. The van der Waals surface area contributed by atoms with Gasteiger partial charge in [0.05, 0.1) is 5.52 Å². The topological polar surface area (TPSA) is 37.3 Å². The van der Waals surface area contributed by atoms with E-state index in [1.54, 1.807) is 0 Å². The van der Waals surface area contributed by atoms with Crippen LogP contribution in [0.5, 0.6) is 0 Å². The fourth-order valence-electron chi connectivity index (χ4n) is 3.81. The summed E-state index contributed by atoms with van der Waals surface area (Å²) in [6, 6.07) is 17.6. The molecule has 0 atom stereocenters. The molecule has 4 rings (SSSR count). The standard InChI is InChI=1S/C24H27N3O/c1-24(2,3)26-15-13-18(14-16-26)21-17-27(22-12-8-7-11-20(21)22)25-23(28)19-9-5-4-6-10-19/h4-13,17H,14-16H2,1-3H3,(H,25,28). The molecule has 0 radical (unpaired) electrons. The van der Waals surface area contributed by atoms with Gasteiger partial charge in [-0.1, -0.05) is 42.5 Å². The quantitative estimate of drug-likeness (QED) is 0.708. The fourth-order valence-corrected chi connectivity index (χ4v) is 3.81. The first-order chi connectivity index (χ1) is 13.4. The zero-order chi connectivity index (χ0) is 19.7. The van der Waals surface area contributed by atoms with Crippen LogP contribution in [-0.4, -0.2) is 34.1 Å². The van der Waals surface area contributed by atoms with Gasteiger partial charge in [0.2, 0.25) is 0 Å². The van der Waals surface area contributed by atoms with Crippen LogP contribution in [0.3, 0.4) is 0 Å². The number of para-hydroxylation sites is 1. The van der Waals surface area contributed by atoms with Crippen LogP contribution < -0.4 is 5.43 Å². The van der Waals surface area contributed by atoms with Crippen LogP contribution in [0.15, 0.2) is 66.9 Å². The minimum Gasteiger partial charge on any atom is -0.294 e. The lowest BCUT2D eigenvalue weighted by atomic mass is 9.96. The van der Waals surface area contributed by atoms with Gasteiger partial charge >= 0.3 is 0 Å². The Labute approximate surface area is 166 Å². The molecule has 1 aliphatic rings. The summed E-state index contributed by atoms with van der Waals surface area (Å²) >= 11 is 0. The Balaban J connectivity index is 1.66. The molecule has 0 fully saturated rings. The number of aromatic nitrogens is 1. The smallest absolute Gasteiger partial charge is 0.270 e. The first kappa shape index (κ1) is 18.5. The van der Waals surface area contributed by atoms with Gasteiger partial charge in [0, 0.05) is 41.3 Å². The van der Waals surface area contributed by atoms with Crippen LogP contribution in [0.4, 0.5) is 0 Å². The van der Waals surface area contributed by atoms with Crippen molar-refractivity contribution >= 4 is 22.4 Å². The number of hydrogen-bond acceptors (Lipinski definition) is 2. The van der Waals surface area contributed by atoms with Gasteiger partial charge in [-0.25, -0.2) is 0 Å². The monoisotopic (exact) mass is 373 g/mol. The molecule has 4 nitrogen and oxygen atoms in total. The van der Waals surface area contributed by atoms with Crippen molar-refractivity contribution in [1.29, 1.82) is 0 Å². The number of carbonyl (C=O) groups excluding carboxylic acids is 1. The normalized spacial score (nSPS) is 15.5. The number of rotatable bonds is 3. The van der Waals surface area contributed by atoms with Gasteiger partial charge in [0.15, 0.2) is 0 Å². The van der Waals surface area contributed by atoms with E-state index in [1.807, 2.05) is 41.1 Å². The highest BCUT2D eigenvalue weighted by Gasteiger charge is 2.24. The highest BCUT2D eigenvalue weighted by atomic mass is 16.2. The molecule has 2 heterocycles. The molecular weight excluding hydrogens is 346 g/mol. The van der Waals surface area contributed by atoms with Crippen LogP contribution in [0, 0.1) is 0 Å². The lowest BCUT2D eigenvalue weighted by Crippen LogP contribution is -2.43. The van der Waals surface area contributed by atoms with E-state index in [1.165, 1.54) is 16.5 Å². The second kappa shape index (κ2) is 7.28. The molecule has 4 heteroatoms. The minimum absolute atomic E-state index is 0.107. The molecule has 0 saturated carbocycles. The van der Waals surface area contributed by atoms with Gasteiger partial charge in [-0.05, 0) is 51.0 Å². The van der Waals surface area contributed by atoms with Gasteiger partial charge in [0.1, 0.15) is 0 Å². The lowest BCUT2D eigenvalue weighted by Gasteiger charge is -2.37. The molecule has 144 valence electrons. The van der Waals surface area contributed by atoms with Crippen molar-refractivity contribution in [3.63, 3.8) is 0 Å². The zero-order valence-corrected chi connectivity index (χ0v) is 16.8. The number of benzene rings is 2. The summed E-state index contributed by atoms with van der Waals surface area (Å²) in [6.07, 6.45) is 5.40. The summed E-state index contributed by atoms with van der Waals surface area (Å²) in [7, 11) is 0. The number of nitrogens with zero attached hydrogens (tertiary/aromatic N) is 2. The Morgan fingerprint density at radius 1 is 1.00 bits per heavy atom. The Bertz CT molecular complexity index is 1020. The van der Waals surface area contributed by atoms with Crippen LogP contribution in [0.25, 0.3) is 16.5 Å². The van der Waals surface area contributed by atoms with E-state index in [0.29, 0.717) is 5.56 Å². The zero-order valence-electron chi connectivity index (χ0n) is 16.8. The maximum Gasteiger partial charge on any atom is 0.270 e. The van der Waals surface area contributed by atoms with E-state index in [4.69, 9.17) is 0 Å². The Kier molecular flexibility index (Phi) is 4.82. The first-order valence-corrected chi connectivity index (χ1v) is 9.84. The lowest BCUT2D eigenvalue weighted by molar-refractivity contribution is 0.101. The van der Waals surface area contributed by atoms with E-state index in [9.17, 15) is 4.79 Å². The van der Waals surface area contributed by atoms with Gasteiger partial charge in [0.25, 0.3) is 5.91 Å². The third-order valence-electron chi connectivity index (χ3n) is 5.47. The van der Waals surface area contributed by atoms with Crippen molar-refractivity contribution in [2.75, 3.05) is 18.5 Å². The Morgan fingerprint density at radius 2 is 1.71 bits per heavy atom. The van der Waals surface area contributed by atoms with Crippen LogP contribution in [0.1, 0.15) is 43.1 Å². The molecule has 28 heavy (non-hydrogen) atoms. The van der Waals surface area contributed by atoms with Crippen molar-refractivity contribution in [2.45, 2.75) is 32.7 Å². The first-order valence-electron chi connectivity index (χ1n) is 9.84. The molecule has 2 aromatic carbocycles. The van der Waals surface area contributed by atoms with Gasteiger partial charge in [-0.3, -0.25) is 19.8 Å². The molecule has 0 unspecified atom stereocenters. The molecule has 0 saturated heterocycles. The van der Waals surface area contributed by atoms with E-state index in [0.717, 1.165) is 25.0 Å². The van der Waals surface area contributed by atoms with Crippen molar-refractivity contribution in [3.8, 4) is 0 Å². The Hall–Kier alpha value is -2.85. The van der Waals surface area contributed by atoms with Gasteiger partial charge in [-0.15, -0.1) is 0 Å². The largest absolute Gasteiger partial charge is 0.294 e. The summed E-state index contributed by atoms with van der Waals surface area (Å²) in [5.74, 6) is -0.107. The number of nitrogens with one attached hydrogen (secondary N) is 1. The van der Waals surface area contributed by atoms with Gasteiger partial charge < -0.3 is 0 Å². The average Bonchev–Trinajstić information content (AvgIpc) is 3.07. The molecule has 0 bridgehead atoms. The number of hydrogen-bond donors (Lipinski definition) is 1. The van der Waals surface area contributed by atoms with E-state index in [2.05, 4.69) is 61.6 Å². The van der Waals surface area contributed by atoms with Crippen LogP contribution in [0.2, 0.25) is 0 Å². The third-order valence-corrected chi connectivity index (χ3v) is 5.47. The number of fused-ring (bicyclic) bond motifs is 1. The predicted molar refractivity (Wildman–Crippen MR) is 116 cm³/mol. The van der Waals surface area contributed by atoms with Crippen molar-refractivity contribution in [3.05, 3.63) is 78.0 Å². The minimum atomic E-state index is -0.107. The molecule has 1 N–H and O–H groups in total. The third kappa shape index (κ3) is 3.60. The summed E-state index contributed by atoms with van der Waals surface area (Å²) in [5, 5.41) is 1.17. The fraction of sp³-hybridized carbons (Fsp3) is 0.292. The SMILES string of the molecule is CC(C)(C)N1CC=C(c2cn(NC(=O)c3ccccc3)c3ccccc23)CC1. The van der Waals surface area contributed by atoms with Crippen molar-refractivity contribution in [2.24, 2.45) is 0 Å². The number of carbonyl (C=O) groups is 1. The maximum absolute atomic E-state index is 12.6. The predicted octanol–water partition coefficient (Wildman–Crippen LogP) is 4.91. The molecule has 1 aromatic heterocycles. The maximum atomic E-state index is 12.6. The van der Waals surface area contributed by atoms with E-state index < -0.39 is 0 Å². The molecule has 0 aliphatic carbocycles. The van der Waals surface area contributed by atoms with Crippen molar-refractivity contribution in [1.82, 2.24) is 9.58 Å². The Morgan fingerprint density at radius 3 is 2.39 bits per heavy atom. The van der Waals surface area contributed by atoms with Crippen LogP contribution >= 0.6 is 0 Å². The van der Waals surface area contributed by atoms with Gasteiger partial charge in [-0.2, -0.15) is 0 Å². The summed E-state index contributed by atoms with van der Waals surface area (Å²) in [6.45, 7) is 8.78. The number of amides is 1. The molecular formula is C24H27N3O. The molecule has 1 aliphatic heterocycles. The average molecular weight is 374 g/mol. The highest BCUT2D eigenvalue weighted by Crippen LogP contribution is 2.32. The second-order valence-corrected chi connectivity index (χ2v) is 8.33. The van der Waals surface area contributed by atoms with E-state index >= 15 is 0 Å². The van der Waals surface area contributed by atoms with E-state index in [-0.39, 0.29) is 11.4 Å².